The monoisotopic (exact) mass is 191 g/mol. The fraction of sp³-hybridized carbons (Fsp3) is 0.500. The molecular weight excluding hydrogens is 174 g/mol. The molecule has 0 atom stereocenters. The molecule has 0 aliphatic carbocycles. The highest BCUT2D eigenvalue weighted by Crippen LogP contribution is 2.31. The lowest BCUT2D eigenvalue weighted by molar-refractivity contribution is 0.402. The number of rotatable bonds is 1. The van der Waals surface area contributed by atoms with Crippen molar-refractivity contribution >= 4 is 0 Å². The van der Waals surface area contributed by atoms with E-state index < -0.39 is 0 Å². The minimum Gasteiger partial charge on any atom is -0.496 e. The molecule has 0 spiro atoms. The average Bonchev–Trinajstić information content (AvgIpc) is 2.20. The van der Waals surface area contributed by atoms with Crippen LogP contribution < -0.4 is 10.1 Å². The van der Waals surface area contributed by atoms with Gasteiger partial charge in [0.2, 0.25) is 0 Å². The highest BCUT2D eigenvalue weighted by Gasteiger charge is 2.16. The Morgan fingerprint density at radius 1 is 1.36 bits per heavy atom. The van der Waals surface area contributed by atoms with Crippen molar-refractivity contribution in [3.05, 3.63) is 28.3 Å². The van der Waals surface area contributed by atoms with Gasteiger partial charge in [-0.25, -0.2) is 0 Å². The van der Waals surface area contributed by atoms with Crippen molar-refractivity contribution in [2.75, 3.05) is 13.7 Å². The first-order valence-electron chi connectivity index (χ1n) is 5.10. The van der Waals surface area contributed by atoms with E-state index in [2.05, 4.69) is 25.2 Å². The van der Waals surface area contributed by atoms with E-state index in [0.29, 0.717) is 0 Å². The van der Waals surface area contributed by atoms with Gasteiger partial charge in [0.05, 0.1) is 7.11 Å². The van der Waals surface area contributed by atoms with Gasteiger partial charge in [-0.2, -0.15) is 0 Å². The van der Waals surface area contributed by atoms with E-state index in [4.69, 9.17) is 4.74 Å². The van der Waals surface area contributed by atoms with Crippen molar-refractivity contribution < 1.29 is 4.74 Å². The molecule has 1 aromatic rings. The molecule has 76 valence electrons. The minimum atomic E-state index is 0.979. The second-order valence-corrected chi connectivity index (χ2v) is 3.92. The summed E-state index contributed by atoms with van der Waals surface area (Å²) in [5, 5.41) is 3.38. The van der Waals surface area contributed by atoms with Crippen LogP contribution in [0.4, 0.5) is 0 Å². The van der Waals surface area contributed by atoms with Crippen LogP contribution in [0.15, 0.2) is 6.07 Å². The van der Waals surface area contributed by atoms with Gasteiger partial charge in [-0.3, -0.25) is 0 Å². The Morgan fingerprint density at radius 2 is 2.14 bits per heavy atom. The molecule has 0 fully saturated rings. The zero-order chi connectivity index (χ0) is 10.1. The molecular formula is C12H17NO. The molecule has 0 saturated heterocycles. The maximum atomic E-state index is 5.50. The lowest BCUT2D eigenvalue weighted by Crippen LogP contribution is -2.24. The summed E-state index contributed by atoms with van der Waals surface area (Å²) in [6.45, 7) is 6.32. The molecule has 1 N–H and O–H groups in total. The Labute approximate surface area is 85.3 Å². The van der Waals surface area contributed by atoms with E-state index in [0.717, 1.165) is 25.3 Å². The summed E-state index contributed by atoms with van der Waals surface area (Å²) in [4.78, 5) is 0. The van der Waals surface area contributed by atoms with Crippen LogP contribution in [-0.2, 0) is 13.0 Å². The van der Waals surface area contributed by atoms with Crippen molar-refractivity contribution in [1.29, 1.82) is 0 Å². The van der Waals surface area contributed by atoms with E-state index in [-0.39, 0.29) is 0 Å². The van der Waals surface area contributed by atoms with Crippen LogP contribution in [0.5, 0.6) is 5.75 Å². The molecule has 2 nitrogen and oxygen atoms in total. The topological polar surface area (TPSA) is 21.3 Å². The number of hydrogen-bond donors (Lipinski definition) is 1. The van der Waals surface area contributed by atoms with Gasteiger partial charge >= 0.3 is 0 Å². The zero-order valence-corrected chi connectivity index (χ0v) is 9.11. The van der Waals surface area contributed by atoms with Crippen molar-refractivity contribution in [1.82, 2.24) is 5.32 Å². The SMILES string of the molecule is COc1c(C)c(C)cc2c1CCNC2. The predicted molar refractivity (Wildman–Crippen MR) is 57.9 cm³/mol. The molecule has 1 heterocycles. The van der Waals surface area contributed by atoms with Gasteiger partial charge < -0.3 is 10.1 Å². The summed E-state index contributed by atoms with van der Waals surface area (Å²) in [6.07, 6.45) is 1.08. The zero-order valence-electron chi connectivity index (χ0n) is 9.11. The van der Waals surface area contributed by atoms with Crippen LogP contribution in [0.1, 0.15) is 22.3 Å². The van der Waals surface area contributed by atoms with E-state index in [1.807, 2.05) is 0 Å². The Hall–Kier alpha value is -1.02. The van der Waals surface area contributed by atoms with E-state index in [9.17, 15) is 0 Å². The number of aryl methyl sites for hydroxylation is 1. The van der Waals surface area contributed by atoms with Gasteiger partial charge in [0, 0.05) is 12.1 Å². The highest BCUT2D eigenvalue weighted by atomic mass is 16.5. The van der Waals surface area contributed by atoms with Crippen molar-refractivity contribution in [2.45, 2.75) is 26.8 Å². The second-order valence-electron chi connectivity index (χ2n) is 3.92. The third kappa shape index (κ3) is 1.40. The Morgan fingerprint density at radius 3 is 2.86 bits per heavy atom. The number of ether oxygens (including phenoxy) is 1. The molecule has 0 aromatic heterocycles. The number of hydrogen-bond acceptors (Lipinski definition) is 2. The molecule has 1 aromatic carbocycles. The fourth-order valence-corrected chi connectivity index (χ4v) is 2.15. The fourth-order valence-electron chi connectivity index (χ4n) is 2.15. The van der Waals surface area contributed by atoms with Gasteiger partial charge in [-0.05, 0) is 43.5 Å². The maximum Gasteiger partial charge on any atom is 0.125 e. The van der Waals surface area contributed by atoms with Crippen LogP contribution in [0.25, 0.3) is 0 Å². The molecule has 2 heteroatoms. The Kier molecular flexibility index (Phi) is 2.46. The van der Waals surface area contributed by atoms with Gasteiger partial charge in [0.1, 0.15) is 5.75 Å². The minimum absolute atomic E-state index is 0.979. The number of methoxy groups -OCH3 is 1. The summed E-state index contributed by atoms with van der Waals surface area (Å²) in [5.41, 5.74) is 5.41. The van der Waals surface area contributed by atoms with Gasteiger partial charge in [-0.15, -0.1) is 0 Å². The molecule has 0 saturated carbocycles. The van der Waals surface area contributed by atoms with Crippen LogP contribution in [0, 0.1) is 13.8 Å². The van der Waals surface area contributed by atoms with Gasteiger partial charge in [-0.1, -0.05) is 6.07 Å². The Balaban J connectivity index is 2.60. The van der Waals surface area contributed by atoms with Crippen molar-refractivity contribution in [3.63, 3.8) is 0 Å². The normalized spacial score (nSPS) is 15.1. The molecule has 0 amide bonds. The van der Waals surface area contributed by atoms with Crippen molar-refractivity contribution in [3.8, 4) is 5.75 Å². The van der Waals surface area contributed by atoms with Gasteiger partial charge in [0.15, 0.2) is 0 Å². The van der Waals surface area contributed by atoms with Crippen molar-refractivity contribution in [2.24, 2.45) is 0 Å². The first-order chi connectivity index (χ1) is 6.74. The van der Waals surface area contributed by atoms with Crippen LogP contribution in [0.2, 0.25) is 0 Å². The predicted octanol–water partition coefficient (Wildman–Crippen LogP) is 1.96. The summed E-state index contributed by atoms with van der Waals surface area (Å²) >= 11 is 0. The summed E-state index contributed by atoms with van der Waals surface area (Å²) in [5.74, 6) is 1.10. The summed E-state index contributed by atoms with van der Waals surface area (Å²) < 4.78 is 5.50. The van der Waals surface area contributed by atoms with Crippen LogP contribution in [0.3, 0.4) is 0 Å². The third-order valence-electron chi connectivity index (χ3n) is 3.06. The smallest absolute Gasteiger partial charge is 0.125 e. The quantitative estimate of drug-likeness (QED) is 0.732. The lowest BCUT2D eigenvalue weighted by Gasteiger charge is -2.22. The molecule has 14 heavy (non-hydrogen) atoms. The molecule has 1 aliphatic heterocycles. The Bertz CT molecular complexity index is 358. The highest BCUT2D eigenvalue weighted by molar-refractivity contribution is 5.50. The molecule has 2 rings (SSSR count). The number of nitrogens with one attached hydrogen (secondary N) is 1. The van der Waals surface area contributed by atoms with Crippen LogP contribution >= 0.6 is 0 Å². The maximum absolute atomic E-state index is 5.50. The second kappa shape index (κ2) is 3.62. The van der Waals surface area contributed by atoms with E-state index in [1.165, 1.54) is 22.3 Å². The summed E-state index contributed by atoms with van der Waals surface area (Å²) in [6, 6.07) is 2.28. The van der Waals surface area contributed by atoms with Gasteiger partial charge in [0.25, 0.3) is 0 Å². The molecule has 1 aliphatic rings. The lowest BCUT2D eigenvalue weighted by atomic mass is 9.94. The molecule has 0 unspecified atom stereocenters. The van der Waals surface area contributed by atoms with E-state index in [1.54, 1.807) is 7.11 Å². The van der Waals surface area contributed by atoms with E-state index >= 15 is 0 Å². The standard InChI is InChI=1S/C12H17NO/c1-8-6-10-7-13-5-4-11(10)12(14-3)9(8)2/h6,13H,4-5,7H2,1-3H3. The van der Waals surface area contributed by atoms with Crippen LogP contribution in [-0.4, -0.2) is 13.7 Å². The molecule has 0 bridgehead atoms. The number of benzene rings is 1. The first kappa shape index (κ1) is 9.53. The summed E-state index contributed by atoms with van der Waals surface area (Å²) in [7, 11) is 1.77. The molecule has 0 radical (unpaired) electrons. The number of fused-ring (bicyclic) bond motifs is 1. The largest absolute Gasteiger partial charge is 0.496 e. The average molecular weight is 191 g/mol. The third-order valence-corrected chi connectivity index (χ3v) is 3.06. The first-order valence-corrected chi connectivity index (χ1v) is 5.10.